The molecule has 2 rings (SSSR count). The van der Waals surface area contributed by atoms with Crippen molar-refractivity contribution in [1.82, 2.24) is 9.97 Å². The van der Waals surface area contributed by atoms with Crippen LogP contribution in [0.25, 0.3) is 0 Å². The largest absolute Gasteiger partial charge is 0.396 e. The van der Waals surface area contributed by atoms with E-state index in [4.69, 9.17) is 5.73 Å². The van der Waals surface area contributed by atoms with E-state index in [2.05, 4.69) is 9.97 Å². The van der Waals surface area contributed by atoms with Crippen LogP contribution in [0.15, 0.2) is 12.4 Å². The summed E-state index contributed by atoms with van der Waals surface area (Å²) in [4.78, 5) is 8.33. The molecule has 0 aliphatic heterocycles. The van der Waals surface area contributed by atoms with Crippen LogP contribution >= 0.6 is 0 Å². The second kappa shape index (κ2) is 3.09. The number of nitrogens with two attached hydrogens (primary N) is 1. The summed E-state index contributed by atoms with van der Waals surface area (Å²) in [5.41, 5.74) is 6.12. The number of aromatic nitrogens is 2. The molecular weight excluding hydrogens is 150 g/mol. The lowest BCUT2D eigenvalue weighted by atomic mass is 9.83. The van der Waals surface area contributed by atoms with Crippen molar-refractivity contribution in [3.63, 3.8) is 0 Å². The fourth-order valence-electron chi connectivity index (χ4n) is 1.43. The highest BCUT2D eigenvalue weighted by Crippen LogP contribution is 2.28. The molecule has 1 aromatic heterocycles. The summed E-state index contributed by atoms with van der Waals surface area (Å²) in [7, 11) is 0. The summed E-state index contributed by atoms with van der Waals surface area (Å²) >= 11 is 0. The molecule has 0 amide bonds. The van der Waals surface area contributed by atoms with E-state index in [-0.39, 0.29) is 0 Å². The van der Waals surface area contributed by atoms with Crippen LogP contribution < -0.4 is 5.73 Å². The SMILES string of the molecule is Nc1cnc(CC2CCC2)nc1. The van der Waals surface area contributed by atoms with Crippen molar-refractivity contribution < 1.29 is 0 Å². The zero-order valence-electron chi connectivity index (χ0n) is 7.03. The summed E-state index contributed by atoms with van der Waals surface area (Å²) in [5, 5.41) is 0. The van der Waals surface area contributed by atoms with Gasteiger partial charge in [-0.2, -0.15) is 0 Å². The average molecular weight is 163 g/mol. The molecule has 1 heterocycles. The molecule has 1 fully saturated rings. The van der Waals surface area contributed by atoms with Crippen molar-refractivity contribution in [1.29, 1.82) is 0 Å². The Morgan fingerprint density at radius 2 is 2.00 bits per heavy atom. The first-order valence-electron chi connectivity index (χ1n) is 4.41. The first-order chi connectivity index (χ1) is 5.84. The minimum atomic E-state index is 0.646. The van der Waals surface area contributed by atoms with Gasteiger partial charge in [-0.15, -0.1) is 0 Å². The Hall–Kier alpha value is -1.12. The highest BCUT2D eigenvalue weighted by Gasteiger charge is 2.18. The smallest absolute Gasteiger partial charge is 0.128 e. The van der Waals surface area contributed by atoms with Gasteiger partial charge in [0.25, 0.3) is 0 Å². The van der Waals surface area contributed by atoms with E-state index < -0.39 is 0 Å². The fourth-order valence-corrected chi connectivity index (χ4v) is 1.43. The van der Waals surface area contributed by atoms with Crippen LogP contribution in [0.5, 0.6) is 0 Å². The number of rotatable bonds is 2. The Morgan fingerprint density at radius 1 is 1.33 bits per heavy atom. The van der Waals surface area contributed by atoms with Gasteiger partial charge in [0.1, 0.15) is 5.82 Å². The van der Waals surface area contributed by atoms with Crippen molar-refractivity contribution >= 4 is 5.69 Å². The molecule has 3 nitrogen and oxygen atoms in total. The highest BCUT2D eigenvalue weighted by molar-refractivity contribution is 5.30. The van der Waals surface area contributed by atoms with Crippen LogP contribution in [0, 0.1) is 5.92 Å². The van der Waals surface area contributed by atoms with Crippen LogP contribution in [-0.4, -0.2) is 9.97 Å². The first kappa shape index (κ1) is 7.53. The van der Waals surface area contributed by atoms with Crippen molar-refractivity contribution in [3.8, 4) is 0 Å². The van der Waals surface area contributed by atoms with Crippen molar-refractivity contribution in [2.24, 2.45) is 5.92 Å². The van der Waals surface area contributed by atoms with E-state index >= 15 is 0 Å². The maximum atomic E-state index is 5.48. The van der Waals surface area contributed by atoms with Crippen molar-refractivity contribution in [3.05, 3.63) is 18.2 Å². The molecular formula is C9H13N3. The van der Waals surface area contributed by atoms with E-state index in [0.29, 0.717) is 5.69 Å². The molecule has 0 atom stereocenters. The van der Waals surface area contributed by atoms with Gasteiger partial charge in [-0.1, -0.05) is 19.3 Å². The van der Waals surface area contributed by atoms with Gasteiger partial charge in [-0.05, 0) is 5.92 Å². The van der Waals surface area contributed by atoms with Crippen LogP contribution in [-0.2, 0) is 6.42 Å². The van der Waals surface area contributed by atoms with E-state index in [1.807, 2.05) is 0 Å². The fraction of sp³-hybridized carbons (Fsp3) is 0.556. The van der Waals surface area contributed by atoms with E-state index in [1.54, 1.807) is 12.4 Å². The molecule has 0 unspecified atom stereocenters. The lowest BCUT2D eigenvalue weighted by Crippen LogP contribution is -2.15. The zero-order chi connectivity index (χ0) is 8.39. The summed E-state index contributed by atoms with van der Waals surface area (Å²) in [6.07, 6.45) is 8.45. The molecule has 1 saturated carbocycles. The molecule has 1 aromatic rings. The number of nitrogens with zero attached hydrogens (tertiary/aromatic N) is 2. The quantitative estimate of drug-likeness (QED) is 0.717. The van der Waals surface area contributed by atoms with Crippen molar-refractivity contribution in [2.75, 3.05) is 5.73 Å². The van der Waals surface area contributed by atoms with E-state index in [1.165, 1.54) is 19.3 Å². The van der Waals surface area contributed by atoms with Gasteiger partial charge in [0.05, 0.1) is 18.1 Å². The highest BCUT2D eigenvalue weighted by atomic mass is 14.9. The molecule has 3 heteroatoms. The summed E-state index contributed by atoms with van der Waals surface area (Å²) in [6, 6.07) is 0. The molecule has 2 N–H and O–H groups in total. The minimum absolute atomic E-state index is 0.646. The van der Waals surface area contributed by atoms with Gasteiger partial charge in [0.2, 0.25) is 0 Å². The second-order valence-electron chi connectivity index (χ2n) is 3.43. The monoisotopic (exact) mass is 163 g/mol. The van der Waals surface area contributed by atoms with Gasteiger partial charge in [0.15, 0.2) is 0 Å². The molecule has 64 valence electrons. The third kappa shape index (κ3) is 1.55. The molecule has 1 aliphatic carbocycles. The Kier molecular flexibility index (Phi) is 1.94. The maximum Gasteiger partial charge on any atom is 0.128 e. The van der Waals surface area contributed by atoms with Gasteiger partial charge in [0, 0.05) is 6.42 Å². The molecule has 0 bridgehead atoms. The Balaban J connectivity index is 1.98. The Bertz CT molecular complexity index is 251. The Morgan fingerprint density at radius 3 is 2.50 bits per heavy atom. The molecule has 12 heavy (non-hydrogen) atoms. The predicted molar refractivity (Wildman–Crippen MR) is 47.5 cm³/mol. The number of hydrogen-bond acceptors (Lipinski definition) is 3. The van der Waals surface area contributed by atoms with Gasteiger partial charge in [-0.3, -0.25) is 0 Å². The average Bonchev–Trinajstić information content (AvgIpc) is 2.00. The van der Waals surface area contributed by atoms with Gasteiger partial charge >= 0.3 is 0 Å². The van der Waals surface area contributed by atoms with Crippen molar-refractivity contribution in [2.45, 2.75) is 25.7 Å². The third-order valence-electron chi connectivity index (χ3n) is 2.42. The Labute approximate surface area is 72.0 Å². The normalized spacial score (nSPS) is 17.3. The molecule has 0 spiro atoms. The first-order valence-corrected chi connectivity index (χ1v) is 4.41. The number of hydrogen-bond donors (Lipinski definition) is 1. The minimum Gasteiger partial charge on any atom is -0.396 e. The summed E-state index contributed by atoms with van der Waals surface area (Å²) in [5.74, 6) is 1.77. The molecule has 0 saturated heterocycles. The summed E-state index contributed by atoms with van der Waals surface area (Å²) in [6.45, 7) is 0. The van der Waals surface area contributed by atoms with Crippen LogP contribution in [0.1, 0.15) is 25.1 Å². The van der Waals surface area contributed by atoms with Crippen LogP contribution in [0.4, 0.5) is 5.69 Å². The van der Waals surface area contributed by atoms with Gasteiger partial charge < -0.3 is 5.73 Å². The second-order valence-corrected chi connectivity index (χ2v) is 3.43. The van der Waals surface area contributed by atoms with Crippen LogP contribution in [0.3, 0.4) is 0 Å². The number of anilines is 1. The molecule has 0 aromatic carbocycles. The third-order valence-corrected chi connectivity index (χ3v) is 2.42. The van der Waals surface area contributed by atoms with Gasteiger partial charge in [-0.25, -0.2) is 9.97 Å². The standard InChI is InChI=1S/C9H13N3/c10-8-5-11-9(12-6-8)4-7-2-1-3-7/h5-7H,1-4,10H2. The zero-order valence-corrected chi connectivity index (χ0v) is 7.03. The van der Waals surface area contributed by atoms with E-state index in [9.17, 15) is 0 Å². The maximum absolute atomic E-state index is 5.48. The molecule has 0 radical (unpaired) electrons. The van der Waals surface area contributed by atoms with E-state index in [0.717, 1.165) is 18.2 Å². The number of nitrogen functional groups attached to an aromatic ring is 1. The molecule has 1 aliphatic rings. The lowest BCUT2D eigenvalue weighted by molar-refractivity contribution is 0.309. The lowest BCUT2D eigenvalue weighted by Gasteiger charge is -2.24. The summed E-state index contributed by atoms with van der Waals surface area (Å²) < 4.78 is 0. The van der Waals surface area contributed by atoms with Crippen LogP contribution in [0.2, 0.25) is 0 Å². The topological polar surface area (TPSA) is 51.8 Å². The predicted octanol–water partition coefficient (Wildman–Crippen LogP) is 1.40.